The maximum Gasteiger partial charge on any atom is 0.224 e. The van der Waals surface area contributed by atoms with Gasteiger partial charge < -0.3 is 14.7 Å². The molecule has 39 heavy (non-hydrogen) atoms. The molecular weight excluding hydrogens is 492 g/mol. The van der Waals surface area contributed by atoms with Crippen LogP contribution < -0.4 is 5.32 Å². The number of anilines is 1. The summed E-state index contributed by atoms with van der Waals surface area (Å²) in [6.45, 7) is 0. The molecule has 1 fully saturated rings. The summed E-state index contributed by atoms with van der Waals surface area (Å²) in [6.07, 6.45) is 16.8. The molecule has 10 heteroatoms. The van der Waals surface area contributed by atoms with Crippen molar-refractivity contribution in [1.82, 2.24) is 35.1 Å². The Bertz CT molecular complexity index is 1780. The molecule has 6 aromatic rings. The minimum atomic E-state index is 0.0423. The van der Waals surface area contributed by atoms with Crippen LogP contribution in [0.15, 0.2) is 66.0 Å². The molecule has 6 heterocycles. The first kappa shape index (κ1) is 23.3. The van der Waals surface area contributed by atoms with Crippen molar-refractivity contribution in [3.05, 3.63) is 61.6 Å². The molecule has 3 N–H and O–H groups in total. The van der Waals surface area contributed by atoms with E-state index in [4.69, 9.17) is 9.40 Å². The largest absolute Gasteiger partial charge is 0.472 e. The van der Waals surface area contributed by atoms with Crippen LogP contribution in [0.1, 0.15) is 38.5 Å². The highest BCUT2D eigenvalue weighted by Gasteiger charge is 2.19. The van der Waals surface area contributed by atoms with Gasteiger partial charge in [0, 0.05) is 41.7 Å². The van der Waals surface area contributed by atoms with E-state index in [1.54, 1.807) is 37.3 Å². The van der Waals surface area contributed by atoms with Crippen molar-refractivity contribution in [2.75, 3.05) is 5.32 Å². The number of amides is 1. The van der Waals surface area contributed by atoms with E-state index >= 15 is 0 Å². The normalized spacial score (nSPS) is 14.3. The fraction of sp³-hybridized carbons (Fsp3) is 0.241. The summed E-state index contributed by atoms with van der Waals surface area (Å²) in [5.74, 6) is 1.15. The van der Waals surface area contributed by atoms with Gasteiger partial charge in [-0.3, -0.25) is 19.9 Å². The number of pyridine rings is 3. The number of H-pyrrole nitrogens is 2. The van der Waals surface area contributed by atoms with Crippen molar-refractivity contribution < 1.29 is 9.21 Å². The lowest BCUT2D eigenvalue weighted by molar-refractivity contribution is -0.117. The zero-order chi connectivity index (χ0) is 26.2. The van der Waals surface area contributed by atoms with E-state index in [0.717, 1.165) is 57.3 Å². The van der Waals surface area contributed by atoms with Crippen LogP contribution in [0.4, 0.5) is 5.69 Å². The zero-order valence-electron chi connectivity index (χ0n) is 21.1. The van der Waals surface area contributed by atoms with Crippen molar-refractivity contribution in [2.45, 2.75) is 38.5 Å². The van der Waals surface area contributed by atoms with Gasteiger partial charge in [-0.1, -0.05) is 19.3 Å². The van der Waals surface area contributed by atoms with Crippen molar-refractivity contribution in [3.63, 3.8) is 0 Å². The van der Waals surface area contributed by atoms with E-state index < -0.39 is 0 Å². The Morgan fingerprint density at radius 2 is 1.92 bits per heavy atom. The van der Waals surface area contributed by atoms with Gasteiger partial charge in [0.1, 0.15) is 16.9 Å². The number of carbonyl (C=O) groups is 1. The third-order valence-corrected chi connectivity index (χ3v) is 7.40. The molecule has 0 radical (unpaired) electrons. The van der Waals surface area contributed by atoms with Gasteiger partial charge in [-0.15, -0.1) is 0 Å². The number of carbonyl (C=O) groups excluding carboxylic acids is 1. The van der Waals surface area contributed by atoms with Crippen LogP contribution in [0.5, 0.6) is 0 Å². The maximum atomic E-state index is 12.7. The first-order chi connectivity index (χ1) is 19.2. The molecule has 0 spiro atoms. The molecular formula is C29H26N8O2. The van der Waals surface area contributed by atoms with Gasteiger partial charge in [0.25, 0.3) is 0 Å². The van der Waals surface area contributed by atoms with Crippen LogP contribution in [0.2, 0.25) is 0 Å². The Hall–Kier alpha value is -4.86. The Morgan fingerprint density at radius 1 is 1.03 bits per heavy atom. The third-order valence-electron chi connectivity index (χ3n) is 7.40. The van der Waals surface area contributed by atoms with Crippen molar-refractivity contribution >= 4 is 33.7 Å². The molecule has 10 nitrogen and oxygen atoms in total. The third kappa shape index (κ3) is 4.54. The number of hydrogen-bond donors (Lipinski definition) is 3. The molecule has 0 unspecified atom stereocenters. The molecule has 1 aliphatic rings. The van der Waals surface area contributed by atoms with E-state index in [2.05, 4.69) is 35.5 Å². The molecule has 7 rings (SSSR count). The predicted octanol–water partition coefficient (Wildman–Crippen LogP) is 6.13. The number of aromatic nitrogens is 7. The maximum absolute atomic E-state index is 12.7. The predicted molar refractivity (Wildman–Crippen MR) is 148 cm³/mol. The summed E-state index contributed by atoms with van der Waals surface area (Å²) in [5.41, 5.74) is 6.87. The first-order valence-electron chi connectivity index (χ1n) is 13.2. The van der Waals surface area contributed by atoms with Crippen LogP contribution in [-0.4, -0.2) is 41.0 Å². The second-order valence-corrected chi connectivity index (χ2v) is 10.1. The summed E-state index contributed by atoms with van der Waals surface area (Å²) >= 11 is 0. The lowest BCUT2D eigenvalue weighted by Gasteiger charge is -2.20. The quantitative estimate of drug-likeness (QED) is 0.241. The van der Waals surface area contributed by atoms with E-state index in [-0.39, 0.29) is 5.91 Å². The fourth-order valence-electron chi connectivity index (χ4n) is 5.43. The van der Waals surface area contributed by atoms with Crippen LogP contribution in [-0.2, 0) is 4.79 Å². The lowest BCUT2D eigenvalue weighted by Crippen LogP contribution is -2.18. The van der Waals surface area contributed by atoms with E-state index in [9.17, 15) is 4.79 Å². The van der Waals surface area contributed by atoms with Gasteiger partial charge in [0.2, 0.25) is 5.91 Å². The van der Waals surface area contributed by atoms with Crippen molar-refractivity contribution in [1.29, 1.82) is 0 Å². The first-order valence-corrected chi connectivity index (χ1v) is 13.2. The van der Waals surface area contributed by atoms with E-state index in [0.29, 0.717) is 29.5 Å². The Morgan fingerprint density at radius 3 is 2.79 bits per heavy atom. The van der Waals surface area contributed by atoms with Gasteiger partial charge in [0.05, 0.1) is 35.3 Å². The highest BCUT2D eigenvalue weighted by molar-refractivity contribution is 5.96. The summed E-state index contributed by atoms with van der Waals surface area (Å²) in [5, 5.41) is 11.3. The summed E-state index contributed by atoms with van der Waals surface area (Å²) in [7, 11) is 0. The lowest BCUT2D eigenvalue weighted by atomic mass is 9.87. The number of hydrogen-bond acceptors (Lipinski definition) is 7. The van der Waals surface area contributed by atoms with Gasteiger partial charge >= 0.3 is 0 Å². The molecule has 1 saturated carbocycles. The van der Waals surface area contributed by atoms with Crippen molar-refractivity contribution in [2.24, 2.45) is 5.92 Å². The summed E-state index contributed by atoms with van der Waals surface area (Å²) < 4.78 is 5.24. The number of nitrogens with zero attached hydrogens (tertiary/aromatic N) is 5. The minimum absolute atomic E-state index is 0.0423. The topological polar surface area (TPSA) is 138 Å². The number of nitrogens with one attached hydrogen (secondary N) is 3. The van der Waals surface area contributed by atoms with Crippen LogP contribution >= 0.6 is 0 Å². The van der Waals surface area contributed by atoms with Crippen LogP contribution in [0, 0.1) is 5.92 Å². The zero-order valence-corrected chi connectivity index (χ0v) is 21.1. The molecule has 0 aliphatic heterocycles. The Kier molecular flexibility index (Phi) is 5.84. The molecule has 1 amide bonds. The molecule has 1 aliphatic carbocycles. The Balaban J connectivity index is 1.19. The second kappa shape index (κ2) is 9.79. The fourth-order valence-corrected chi connectivity index (χ4v) is 5.43. The molecule has 194 valence electrons. The number of aromatic amines is 2. The number of fused-ring (bicyclic) bond motifs is 2. The van der Waals surface area contributed by atoms with Gasteiger partial charge in [0.15, 0.2) is 11.5 Å². The summed E-state index contributed by atoms with van der Waals surface area (Å²) in [6, 6.07) is 7.68. The molecule has 0 atom stereocenters. The number of furan rings is 1. The van der Waals surface area contributed by atoms with Gasteiger partial charge in [-0.2, -0.15) is 5.10 Å². The van der Waals surface area contributed by atoms with Gasteiger partial charge in [-0.25, -0.2) is 9.97 Å². The van der Waals surface area contributed by atoms with Crippen LogP contribution in [0.25, 0.3) is 56.0 Å². The smallest absolute Gasteiger partial charge is 0.224 e. The highest BCUT2D eigenvalue weighted by Crippen LogP contribution is 2.32. The molecule has 0 bridgehead atoms. The van der Waals surface area contributed by atoms with Crippen LogP contribution in [0.3, 0.4) is 0 Å². The monoisotopic (exact) mass is 518 g/mol. The summed E-state index contributed by atoms with van der Waals surface area (Å²) in [4.78, 5) is 34.3. The average Bonchev–Trinajstić information content (AvgIpc) is 3.73. The molecule has 6 aromatic heterocycles. The Labute approximate surface area is 223 Å². The number of imidazole rings is 1. The molecule has 0 saturated heterocycles. The second-order valence-electron chi connectivity index (χ2n) is 10.1. The molecule has 0 aromatic carbocycles. The van der Waals surface area contributed by atoms with E-state index in [1.165, 1.54) is 19.3 Å². The number of rotatable bonds is 6. The van der Waals surface area contributed by atoms with Crippen molar-refractivity contribution in [3.8, 4) is 33.9 Å². The highest BCUT2D eigenvalue weighted by atomic mass is 16.3. The average molecular weight is 519 g/mol. The van der Waals surface area contributed by atoms with Gasteiger partial charge in [-0.05, 0) is 43.0 Å². The van der Waals surface area contributed by atoms with E-state index in [1.807, 2.05) is 24.3 Å². The minimum Gasteiger partial charge on any atom is -0.472 e. The SMILES string of the molecule is O=C(CC1CCCCC1)Nc1cncc(-c2cnc3n[nH]c(-c4nc5c(-c6ccoc6)nccc5[nH]4)c3c2)c1. The standard InChI is InChI=1S/C29H26N8O2/c38-24(10-17-4-2-1-3-5-17)33-21-11-19(13-30-15-21)20-12-22-26(36-37-28(22)32-14-20)29-34-23-6-8-31-25(27(23)35-29)18-7-9-39-16-18/h6-9,11-17H,1-5,10H2,(H,33,38)(H,34,35)(H,32,36,37).